The average molecular weight is 460 g/mol. The van der Waals surface area contributed by atoms with Crippen LogP contribution in [0.2, 0.25) is 0 Å². The Morgan fingerprint density at radius 3 is 2.85 bits per heavy atom. The molecule has 5 aromatic rings. The van der Waals surface area contributed by atoms with Crippen molar-refractivity contribution in [3.8, 4) is 22.1 Å². The van der Waals surface area contributed by atoms with E-state index in [1.165, 1.54) is 22.2 Å². The Kier molecular flexibility index (Phi) is 5.24. The van der Waals surface area contributed by atoms with Crippen LogP contribution in [-0.4, -0.2) is 44.5 Å². The predicted octanol–water partition coefficient (Wildman–Crippen LogP) is 2.89. The van der Waals surface area contributed by atoms with Crippen LogP contribution in [0, 0.1) is 0 Å². The number of ether oxygens (including phenoxy) is 1. The first-order valence-corrected chi connectivity index (χ1v) is 10.5. The van der Waals surface area contributed by atoms with Crippen LogP contribution >= 0.6 is 11.3 Å². The number of hydrogen-bond donors (Lipinski definition) is 2. The van der Waals surface area contributed by atoms with E-state index in [1.54, 1.807) is 7.11 Å². The molecule has 0 bridgehead atoms. The molecule has 0 radical (unpaired) electrons. The number of carbonyl (C=O) groups excluding carboxylic acids is 1. The first kappa shape index (κ1) is 20.3. The van der Waals surface area contributed by atoms with Gasteiger partial charge in [0, 0.05) is 5.56 Å². The molecular weight excluding hydrogens is 444 g/mol. The molecule has 3 N–H and O–H groups in total. The van der Waals surface area contributed by atoms with Gasteiger partial charge >= 0.3 is 0 Å². The molecule has 0 fully saturated rings. The summed E-state index contributed by atoms with van der Waals surface area (Å²) in [6.07, 6.45) is 1.54. The van der Waals surface area contributed by atoms with Crippen LogP contribution in [0.5, 0.6) is 5.75 Å². The number of anilines is 1. The number of nitrogens with zero attached hydrogens (tertiary/aromatic N) is 6. The van der Waals surface area contributed by atoms with Crippen molar-refractivity contribution in [1.82, 2.24) is 30.7 Å². The summed E-state index contributed by atoms with van der Waals surface area (Å²) in [7, 11) is 1.58. The quantitative estimate of drug-likeness (QED) is 0.290. The average Bonchev–Trinajstić information content (AvgIpc) is 3.59. The van der Waals surface area contributed by atoms with Crippen LogP contribution in [-0.2, 0) is 0 Å². The molecule has 3 heterocycles. The fraction of sp³-hybridized carbons (Fsp3) is 0.0476. The van der Waals surface area contributed by atoms with E-state index in [0.717, 1.165) is 21.2 Å². The summed E-state index contributed by atoms with van der Waals surface area (Å²) >= 11 is 1.40. The number of thiophene rings is 1. The molecule has 0 aliphatic rings. The zero-order valence-corrected chi connectivity index (χ0v) is 18.0. The van der Waals surface area contributed by atoms with Gasteiger partial charge in [-0.25, -0.2) is 10.1 Å². The number of hydrazone groups is 1. The topological polar surface area (TPSA) is 146 Å². The molecule has 33 heavy (non-hydrogen) atoms. The van der Waals surface area contributed by atoms with Crippen LogP contribution in [0.4, 0.5) is 5.82 Å². The van der Waals surface area contributed by atoms with Gasteiger partial charge in [-0.05, 0) is 38.6 Å². The molecule has 0 unspecified atom stereocenters. The van der Waals surface area contributed by atoms with Gasteiger partial charge in [0.25, 0.3) is 5.91 Å². The molecule has 3 aromatic heterocycles. The number of nitrogens with one attached hydrogen (secondary N) is 1. The summed E-state index contributed by atoms with van der Waals surface area (Å²) in [5.41, 5.74) is 9.49. The lowest BCUT2D eigenvalue weighted by Crippen LogP contribution is -2.19. The van der Waals surface area contributed by atoms with E-state index in [9.17, 15) is 4.79 Å². The smallest absolute Gasteiger partial charge is 0.294 e. The number of carbonyl (C=O) groups is 1. The second kappa shape index (κ2) is 8.51. The van der Waals surface area contributed by atoms with E-state index in [4.69, 9.17) is 10.5 Å². The third kappa shape index (κ3) is 3.68. The summed E-state index contributed by atoms with van der Waals surface area (Å²) in [5, 5.41) is 23.3. The molecule has 1 amide bonds. The van der Waals surface area contributed by atoms with E-state index < -0.39 is 5.91 Å². The van der Waals surface area contributed by atoms with E-state index in [0.29, 0.717) is 11.4 Å². The second-order valence-electron chi connectivity index (χ2n) is 6.75. The van der Waals surface area contributed by atoms with Crippen molar-refractivity contribution < 1.29 is 14.2 Å². The molecule has 0 aliphatic heterocycles. The van der Waals surface area contributed by atoms with Crippen LogP contribution < -0.4 is 15.9 Å². The van der Waals surface area contributed by atoms with Gasteiger partial charge < -0.3 is 10.5 Å². The molecule has 0 saturated heterocycles. The molecule has 5 rings (SSSR count). The number of fused-ring (bicyclic) bond motifs is 1. The highest BCUT2D eigenvalue weighted by atomic mass is 32.1. The molecule has 164 valence electrons. The van der Waals surface area contributed by atoms with Crippen molar-refractivity contribution in [2.45, 2.75) is 0 Å². The molecule has 0 spiro atoms. The lowest BCUT2D eigenvalue weighted by atomic mass is 10.0. The second-order valence-corrected chi connectivity index (χ2v) is 7.70. The predicted molar refractivity (Wildman–Crippen MR) is 123 cm³/mol. The highest BCUT2D eigenvalue weighted by molar-refractivity contribution is 7.13. The Hall–Kier alpha value is -4.58. The third-order valence-electron chi connectivity index (χ3n) is 4.85. The van der Waals surface area contributed by atoms with E-state index in [-0.39, 0.29) is 17.3 Å². The SMILES string of the molecule is COc1ccc2ccccc2c1C=NNC(=O)c1nnn(-c2nonc2N)c1-c1cccs1. The molecular formula is C21H16N8O3S. The van der Waals surface area contributed by atoms with E-state index in [2.05, 4.69) is 35.8 Å². The van der Waals surface area contributed by atoms with Crippen molar-refractivity contribution in [3.63, 3.8) is 0 Å². The van der Waals surface area contributed by atoms with Gasteiger partial charge in [-0.15, -0.1) is 16.4 Å². The highest BCUT2D eigenvalue weighted by Gasteiger charge is 2.25. The van der Waals surface area contributed by atoms with Gasteiger partial charge in [-0.1, -0.05) is 41.6 Å². The molecule has 11 nitrogen and oxygen atoms in total. The maximum atomic E-state index is 13.0. The first-order chi connectivity index (χ1) is 16.2. The number of rotatable bonds is 6. The van der Waals surface area contributed by atoms with Crippen LogP contribution in [0.3, 0.4) is 0 Å². The van der Waals surface area contributed by atoms with Gasteiger partial charge in [-0.2, -0.15) is 9.78 Å². The molecule has 12 heteroatoms. The Morgan fingerprint density at radius 1 is 1.21 bits per heavy atom. The van der Waals surface area contributed by atoms with E-state index in [1.807, 2.05) is 53.9 Å². The zero-order valence-electron chi connectivity index (χ0n) is 17.2. The first-order valence-electron chi connectivity index (χ1n) is 9.64. The monoisotopic (exact) mass is 460 g/mol. The Morgan fingerprint density at radius 2 is 2.09 bits per heavy atom. The largest absolute Gasteiger partial charge is 0.496 e. The van der Waals surface area contributed by atoms with Gasteiger partial charge in [0.2, 0.25) is 11.6 Å². The van der Waals surface area contributed by atoms with E-state index >= 15 is 0 Å². The highest BCUT2D eigenvalue weighted by Crippen LogP contribution is 2.30. The summed E-state index contributed by atoms with van der Waals surface area (Å²) in [6.45, 7) is 0. The maximum Gasteiger partial charge on any atom is 0.294 e. The number of hydrogen-bond acceptors (Lipinski definition) is 10. The maximum absolute atomic E-state index is 13.0. The van der Waals surface area contributed by atoms with Crippen molar-refractivity contribution in [2.75, 3.05) is 12.8 Å². The molecule has 0 saturated carbocycles. The minimum Gasteiger partial charge on any atom is -0.496 e. The molecule has 2 aromatic carbocycles. The zero-order chi connectivity index (χ0) is 22.8. The number of methoxy groups -OCH3 is 1. The normalized spacial score (nSPS) is 11.3. The van der Waals surface area contributed by atoms with Crippen molar-refractivity contribution in [3.05, 3.63) is 65.2 Å². The summed E-state index contributed by atoms with van der Waals surface area (Å²) < 4.78 is 11.4. The lowest BCUT2D eigenvalue weighted by Gasteiger charge is -2.08. The van der Waals surface area contributed by atoms with Crippen LogP contribution in [0.1, 0.15) is 16.1 Å². The van der Waals surface area contributed by atoms with Crippen molar-refractivity contribution >= 4 is 40.0 Å². The summed E-state index contributed by atoms with van der Waals surface area (Å²) in [5.74, 6) is 0.223. The minimum absolute atomic E-state index is 0.0192. The molecule has 0 atom stereocenters. The van der Waals surface area contributed by atoms with Crippen LogP contribution in [0.15, 0.2) is 63.6 Å². The minimum atomic E-state index is -0.560. The number of nitrogen functional groups attached to an aromatic ring is 1. The lowest BCUT2D eigenvalue weighted by molar-refractivity contribution is 0.0950. The van der Waals surface area contributed by atoms with Gasteiger partial charge in [0.05, 0.1) is 18.2 Å². The fourth-order valence-corrected chi connectivity index (χ4v) is 4.11. The number of benzene rings is 2. The Balaban J connectivity index is 1.49. The molecule has 0 aliphatic carbocycles. The van der Waals surface area contributed by atoms with Crippen molar-refractivity contribution in [1.29, 1.82) is 0 Å². The standard InChI is InChI=1S/C21H16N8O3S/c1-31-15-9-8-12-5-2-3-6-13(12)14(15)11-23-25-21(30)17-18(16-7-4-10-33-16)29(28-24-17)20-19(22)26-32-27-20/h2-11H,1H3,(H2,22,26)(H,25,30). The Labute approximate surface area is 190 Å². The Bertz CT molecular complexity index is 1470. The number of aromatic nitrogens is 5. The van der Waals surface area contributed by atoms with Crippen LogP contribution in [0.25, 0.3) is 27.2 Å². The third-order valence-corrected chi connectivity index (χ3v) is 5.72. The summed E-state index contributed by atoms with van der Waals surface area (Å²) in [6, 6.07) is 15.3. The van der Waals surface area contributed by atoms with Gasteiger partial charge in [0.15, 0.2) is 5.69 Å². The number of amides is 1. The van der Waals surface area contributed by atoms with Gasteiger partial charge in [0.1, 0.15) is 11.4 Å². The van der Waals surface area contributed by atoms with Gasteiger partial charge in [-0.3, -0.25) is 4.79 Å². The fourth-order valence-electron chi connectivity index (χ4n) is 3.35. The summed E-state index contributed by atoms with van der Waals surface area (Å²) in [4.78, 5) is 13.7. The number of nitrogens with two attached hydrogens (primary N) is 1. The van der Waals surface area contributed by atoms with Crippen molar-refractivity contribution in [2.24, 2.45) is 5.10 Å².